The summed E-state index contributed by atoms with van der Waals surface area (Å²) in [6, 6.07) is 6.59. The number of fused-ring (bicyclic) bond motifs is 1. The minimum Gasteiger partial charge on any atom is -0.423 e. The molecule has 1 aliphatic heterocycles. The second-order valence-corrected chi connectivity index (χ2v) is 6.34. The van der Waals surface area contributed by atoms with E-state index in [1.54, 1.807) is 0 Å². The van der Waals surface area contributed by atoms with Crippen LogP contribution in [0.15, 0.2) is 36.4 Å². The Bertz CT molecular complexity index is 914. The third kappa shape index (κ3) is 3.18. The van der Waals surface area contributed by atoms with Crippen LogP contribution < -0.4 is 14.4 Å². The predicted molar refractivity (Wildman–Crippen MR) is 79.9 cm³/mol. The van der Waals surface area contributed by atoms with Gasteiger partial charge >= 0.3 is 23.6 Å². The van der Waals surface area contributed by atoms with Crippen LogP contribution in [0.3, 0.4) is 0 Å². The van der Waals surface area contributed by atoms with Crippen LogP contribution in [0.5, 0.6) is 5.75 Å². The quantitative estimate of drug-likeness (QED) is 0.698. The fourth-order valence-corrected chi connectivity index (χ4v) is 3.11. The van der Waals surface area contributed by atoms with Crippen LogP contribution in [0.4, 0.5) is 18.9 Å². The minimum absolute atomic E-state index is 0.0311. The molecule has 0 bridgehead atoms. The smallest absolute Gasteiger partial charge is 0.423 e. The van der Waals surface area contributed by atoms with Gasteiger partial charge in [-0.15, -0.1) is 0 Å². The molecule has 0 radical (unpaired) electrons. The molecule has 24 heavy (non-hydrogen) atoms. The van der Waals surface area contributed by atoms with Crippen molar-refractivity contribution >= 4 is 28.6 Å². The van der Waals surface area contributed by atoms with Crippen molar-refractivity contribution in [2.45, 2.75) is 6.18 Å². The van der Waals surface area contributed by atoms with E-state index in [0.717, 1.165) is 6.07 Å². The van der Waals surface area contributed by atoms with Crippen LogP contribution in [0.2, 0.25) is 0 Å². The average Bonchev–Trinajstić information content (AvgIpc) is 2.78. The van der Waals surface area contributed by atoms with Crippen LogP contribution in [0.1, 0.15) is 5.56 Å². The Hall–Kier alpha value is -2.24. The monoisotopic (exact) mass is 359 g/mol. The summed E-state index contributed by atoms with van der Waals surface area (Å²) in [5.41, 5.74) is -0.986. The molecule has 0 atom stereocenters. The summed E-state index contributed by atoms with van der Waals surface area (Å²) in [5.74, 6) is -0.0593. The van der Waals surface area contributed by atoms with Gasteiger partial charge in [-0.1, -0.05) is 18.2 Å². The van der Waals surface area contributed by atoms with Gasteiger partial charge in [-0.3, -0.25) is 0 Å². The molecule has 3 rings (SSSR count). The largest absolute Gasteiger partial charge is 0.488 e. The Labute approximate surface area is 134 Å². The molecule has 2 aromatic carbocycles. The van der Waals surface area contributed by atoms with Crippen molar-refractivity contribution in [1.82, 2.24) is 0 Å². The highest BCUT2D eigenvalue weighted by Crippen LogP contribution is 2.37. The van der Waals surface area contributed by atoms with Crippen LogP contribution in [-0.4, -0.2) is 25.6 Å². The molecule has 0 saturated carbocycles. The number of hydrogen-bond acceptors (Lipinski definition) is 5. The number of benzene rings is 2. The maximum Gasteiger partial charge on any atom is 0.488 e. The van der Waals surface area contributed by atoms with Gasteiger partial charge in [0, 0.05) is 0 Å². The molecule has 11 heteroatoms. The summed E-state index contributed by atoms with van der Waals surface area (Å²) < 4.78 is 68.3. The fraction of sp³-hybridized carbons (Fsp3) is 0.0769. The van der Waals surface area contributed by atoms with E-state index in [0.29, 0.717) is 6.07 Å². The van der Waals surface area contributed by atoms with Crippen LogP contribution in [0.25, 0.3) is 11.1 Å². The van der Waals surface area contributed by atoms with Crippen molar-refractivity contribution in [3.05, 3.63) is 42.0 Å². The first-order chi connectivity index (χ1) is 11.0. The third-order valence-electron chi connectivity index (χ3n) is 3.33. The molecular weight excluding hydrogens is 350 g/mol. The zero-order valence-electron chi connectivity index (χ0n) is 11.7. The normalized spacial score (nSPS) is 15.4. The number of halogens is 3. The van der Waals surface area contributed by atoms with Crippen molar-refractivity contribution in [1.29, 1.82) is 0 Å². The van der Waals surface area contributed by atoms with E-state index in [1.807, 2.05) is 0 Å². The van der Waals surface area contributed by atoms with Gasteiger partial charge in [-0.05, 0) is 34.8 Å². The number of anilines is 1. The Morgan fingerprint density at radius 3 is 2.38 bits per heavy atom. The molecular formula is C13H9BF3NO5S. The van der Waals surface area contributed by atoms with Crippen molar-refractivity contribution in [3.63, 3.8) is 0 Å². The Morgan fingerprint density at radius 1 is 1.04 bits per heavy atom. The molecule has 0 amide bonds. The molecule has 1 aliphatic rings. The van der Waals surface area contributed by atoms with Crippen molar-refractivity contribution < 1.29 is 35.8 Å². The van der Waals surface area contributed by atoms with Crippen molar-refractivity contribution in [2.75, 3.05) is 4.72 Å². The van der Waals surface area contributed by atoms with Gasteiger partial charge in [0.05, 0.1) is 11.3 Å². The van der Waals surface area contributed by atoms with E-state index in [4.69, 9.17) is 0 Å². The van der Waals surface area contributed by atoms with Gasteiger partial charge in [0.2, 0.25) is 0 Å². The number of alkyl halides is 3. The van der Waals surface area contributed by atoms with Crippen LogP contribution in [0, 0.1) is 0 Å². The average molecular weight is 359 g/mol. The van der Waals surface area contributed by atoms with Crippen molar-refractivity contribution in [2.24, 2.45) is 0 Å². The first-order valence-electron chi connectivity index (χ1n) is 6.50. The van der Waals surface area contributed by atoms with E-state index >= 15 is 0 Å². The van der Waals surface area contributed by atoms with Gasteiger partial charge in [0.1, 0.15) is 0 Å². The van der Waals surface area contributed by atoms with Gasteiger partial charge in [-0.2, -0.15) is 21.6 Å². The SMILES string of the molecule is O=S1(=O)Nc2ccc(-c3cc(B(O)O)cc(C(F)(F)F)c3)cc2O1. The molecule has 1 heterocycles. The summed E-state index contributed by atoms with van der Waals surface area (Å²) >= 11 is 0. The van der Waals surface area contributed by atoms with Gasteiger partial charge < -0.3 is 14.2 Å². The number of rotatable bonds is 2. The first-order valence-corrected chi connectivity index (χ1v) is 7.91. The number of nitrogens with one attached hydrogen (secondary N) is 1. The van der Waals surface area contributed by atoms with Crippen LogP contribution in [-0.2, 0) is 16.5 Å². The molecule has 0 saturated heterocycles. The highest BCUT2D eigenvalue weighted by atomic mass is 32.2. The summed E-state index contributed by atoms with van der Waals surface area (Å²) in [7, 11) is -6.05. The van der Waals surface area contributed by atoms with Gasteiger partial charge in [0.15, 0.2) is 5.75 Å². The topological polar surface area (TPSA) is 95.9 Å². The van der Waals surface area contributed by atoms with Crippen LogP contribution >= 0.6 is 0 Å². The van der Waals surface area contributed by atoms with E-state index < -0.39 is 29.2 Å². The lowest BCUT2D eigenvalue weighted by molar-refractivity contribution is -0.137. The summed E-state index contributed by atoms with van der Waals surface area (Å²) in [6.07, 6.45) is -4.68. The molecule has 126 valence electrons. The molecule has 0 aliphatic carbocycles. The second-order valence-electron chi connectivity index (χ2n) is 5.07. The fourth-order valence-electron chi connectivity index (χ4n) is 2.26. The van der Waals surface area contributed by atoms with Gasteiger partial charge in [0.25, 0.3) is 0 Å². The predicted octanol–water partition coefficient (Wildman–Crippen LogP) is 1.10. The maximum atomic E-state index is 13.0. The summed E-state index contributed by atoms with van der Waals surface area (Å²) in [6.45, 7) is 0. The lowest BCUT2D eigenvalue weighted by atomic mass is 9.78. The van der Waals surface area contributed by atoms with E-state index in [-0.39, 0.29) is 28.0 Å². The standard InChI is InChI=1S/C13H9BF3NO5S/c15-13(16,17)9-3-8(4-10(6-9)14(19)20)7-1-2-11-12(5-7)23-24(21,22)18-11/h1-6,18-20H. The van der Waals surface area contributed by atoms with E-state index in [1.165, 1.54) is 24.3 Å². The second kappa shape index (κ2) is 5.40. The zero-order valence-corrected chi connectivity index (χ0v) is 12.5. The Balaban J connectivity index is 2.12. The molecule has 2 aromatic rings. The highest BCUT2D eigenvalue weighted by molar-refractivity contribution is 7.88. The lowest BCUT2D eigenvalue weighted by Crippen LogP contribution is -2.31. The highest BCUT2D eigenvalue weighted by Gasteiger charge is 2.32. The Kier molecular flexibility index (Phi) is 3.74. The molecule has 0 fully saturated rings. The maximum absolute atomic E-state index is 13.0. The van der Waals surface area contributed by atoms with Crippen molar-refractivity contribution in [3.8, 4) is 16.9 Å². The molecule has 6 nitrogen and oxygen atoms in total. The van der Waals surface area contributed by atoms with E-state index in [2.05, 4.69) is 8.91 Å². The number of hydrogen-bond donors (Lipinski definition) is 3. The summed E-state index contributed by atoms with van der Waals surface area (Å²) in [4.78, 5) is 0. The van der Waals surface area contributed by atoms with Gasteiger partial charge in [-0.25, -0.2) is 4.72 Å². The first kappa shape index (κ1) is 16.6. The molecule has 0 spiro atoms. The molecule has 0 aromatic heterocycles. The van der Waals surface area contributed by atoms with E-state index in [9.17, 15) is 31.6 Å². The summed E-state index contributed by atoms with van der Waals surface area (Å²) in [5, 5.41) is 18.4. The third-order valence-corrected chi connectivity index (χ3v) is 4.20. The minimum atomic E-state index is -4.68. The molecule has 0 unspecified atom stereocenters. The Morgan fingerprint density at radius 2 is 1.75 bits per heavy atom. The zero-order chi connectivity index (χ0) is 17.7. The lowest BCUT2D eigenvalue weighted by Gasteiger charge is -2.12. The molecule has 3 N–H and O–H groups in total.